The molecule has 0 atom stereocenters. The minimum absolute atomic E-state index is 0.440. The largest absolute Gasteiger partial charge is 0.461 e. The Morgan fingerprint density at radius 3 is 2.72 bits per heavy atom. The normalized spacial score (nSPS) is 11.2. The zero-order valence-corrected chi connectivity index (χ0v) is 16.8. The van der Waals surface area contributed by atoms with E-state index in [1.54, 1.807) is 29.7 Å². The average Bonchev–Trinajstić information content (AvgIpc) is 3.54. The van der Waals surface area contributed by atoms with Crippen molar-refractivity contribution < 1.29 is 8.94 Å². The Morgan fingerprint density at radius 1 is 1.00 bits per heavy atom. The van der Waals surface area contributed by atoms with Crippen LogP contribution in [0.2, 0.25) is 0 Å². The quantitative estimate of drug-likeness (QED) is 0.342. The molecule has 0 saturated carbocycles. The smallest absolute Gasteiger partial charge is 0.238 e. The second kappa shape index (κ2) is 8.06. The van der Waals surface area contributed by atoms with Crippen LogP contribution in [0, 0.1) is 0 Å². The van der Waals surface area contributed by atoms with Crippen molar-refractivity contribution in [2.45, 2.75) is 17.5 Å². The number of hydrogen-bond donors (Lipinski definition) is 0. The summed E-state index contributed by atoms with van der Waals surface area (Å²) >= 11 is 3.16. The summed E-state index contributed by atoms with van der Waals surface area (Å²) in [6.45, 7) is 0.685. The molecule has 1 aromatic carbocycles. The van der Waals surface area contributed by atoms with Gasteiger partial charge in [0.25, 0.3) is 0 Å². The number of nitrogens with zero attached hydrogens (tertiary/aromatic N) is 5. The van der Waals surface area contributed by atoms with Gasteiger partial charge in [0, 0.05) is 0 Å². The highest BCUT2D eigenvalue weighted by atomic mass is 32.2. The SMILES string of the molecule is c1ccc(Cn2c(SCc3nc(-c4ccco4)no3)nnc2-c2cccs2)cc1. The minimum atomic E-state index is 0.440. The van der Waals surface area contributed by atoms with Crippen LogP contribution in [0.4, 0.5) is 0 Å². The summed E-state index contributed by atoms with van der Waals surface area (Å²) in [7, 11) is 0. The van der Waals surface area contributed by atoms with Crippen LogP contribution >= 0.6 is 23.1 Å². The molecule has 0 fully saturated rings. The van der Waals surface area contributed by atoms with Crippen LogP contribution in [0.15, 0.2) is 80.3 Å². The Kier molecular flexibility index (Phi) is 4.97. The van der Waals surface area contributed by atoms with E-state index in [0.717, 1.165) is 15.9 Å². The Labute approximate surface area is 174 Å². The monoisotopic (exact) mass is 421 g/mol. The van der Waals surface area contributed by atoms with E-state index in [1.165, 1.54) is 17.3 Å². The molecule has 144 valence electrons. The molecule has 4 heterocycles. The number of thiophene rings is 1. The molecule has 0 aliphatic rings. The molecule has 4 aromatic heterocycles. The maximum atomic E-state index is 5.35. The van der Waals surface area contributed by atoms with Gasteiger partial charge in [-0.25, -0.2) is 0 Å². The molecular weight excluding hydrogens is 406 g/mol. The van der Waals surface area contributed by atoms with Gasteiger partial charge in [0.15, 0.2) is 16.7 Å². The van der Waals surface area contributed by atoms with Crippen molar-refractivity contribution in [2.75, 3.05) is 0 Å². The van der Waals surface area contributed by atoms with Crippen molar-refractivity contribution in [3.63, 3.8) is 0 Å². The van der Waals surface area contributed by atoms with Gasteiger partial charge in [0.05, 0.1) is 23.4 Å². The predicted molar refractivity (Wildman–Crippen MR) is 110 cm³/mol. The van der Waals surface area contributed by atoms with E-state index < -0.39 is 0 Å². The van der Waals surface area contributed by atoms with Crippen LogP contribution in [-0.4, -0.2) is 24.9 Å². The molecule has 0 amide bonds. The van der Waals surface area contributed by atoms with Gasteiger partial charge in [-0.2, -0.15) is 4.98 Å². The van der Waals surface area contributed by atoms with Crippen LogP contribution in [0.1, 0.15) is 11.5 Å². The van der Waals surface area contributed by atoms with Gasteiger partial charge in [-0.3, -0.25) is 4.57 Å². The lowest BCUT2D eigenvalue weighted by Crippen LogP contribution is -2.03. The fraction of sp³-hybridized carbons (Fsp3) is 0.100. The molecule has 0 N–H and O–H groups in total. The third-order valence-corrected chi connectivity index (χ3v) is 5.99. The lowest BCUT2D eigenvalue weighted by molar-refractivity contribution is 0.390. The lowest BCUT2D eigenvalue weighted by Gasteiger charge is -2.09. The molecule has 0 spiro atoms. The van der Waals surface area contributed by atoms with Crippen molar-refractivity contribution in [2.24, 2.45) is 0 Å². The standard InChI is InChI=1S/C20H15N5O2S2/c1-2-6-14(7-3-1)12-25-19(16-9-5-11-28-16)22-23-20(25)29-13-17-21-18(24-27-17)15-8-4-10-26-15/h1-11H,12-13H2. The van der Waals surface area contributed by atoms with Gasteiger partial charge in [0.1, 0.15) is 0 Å². The van der Waals surface area contributed by atoms with Crippen molar-refractivity contribution >= 4 is 23.1 Å². The fourth-order valence-corrected chi connectivity index (χ4v) is 4.33. The molecule has 0 radical (unpaired) electrons. The first kappa shape index (κ1) is 17.9. The van der Waals surface area contributed by atoms with E-state index in [0.29, 0.717) is 29.8 Å². The van der Waals surface area contributed by atoms with Crippen LogP contribution in [0.3, 0.4) is 0 Å². The molecule has 5 rings (SSSR count). The van der Waals surface area contributed by atoms with E-state index >= 15 is 0 Å². The zero-order chi connectivity index (χ0) is 19.5. The highest BCUT2D eigenvalue weighted by molar-refractivity contribution is 7.98. The van der Waals surface area contributed by atoms with Crippen LogP contribution in [0.25, 0.3) is 22.3 Å². The van der Waals surface area contributed by atoms with Gasteiger partial charge in [-0.15, -0.1) is 21.5 Å². The van der Waals surface area contributed by atoms with Gasteiger partial charge < -0.3 is 8.94 Å². The Morgan fingerprint density at radius 2 is 1.93 bits per heavy atom. The molecule has 9 heteroatoms. The van der Waals surface area contributed by atoms with E-state index in [1.807, 2.05) is 29.6 Å². The summed E-state index contributed by atoms with van der Waals surface area (Å²) in [6, 6.07) is 17.9. The van der Waals surface area contributed by atoms with E-state index in [2.05, 4.69) is 43.1 Å². The highest BCUT2D eigenvalue weighted by Crippen LogP contribution is 2.29. The Hall–Kier alpha value is -3.17. The first-order chi connectivity index (χ1) is 14.4. The molecule has 0 bridgehead atoms. The van der Waals surface area contributed by atoms with Crippen LogP contribution in [0.5, 0.6) is 0 Å². The van der Waals surface area contributed by atoms with E-state index in [-0.39, 0.29) is 0 Å². The number of aromatic nitrogens is 5. The van der Waals surface area contributed by atoms with Gasteiger partial charge in [-0.1, -0.05) is 53.3 Å². The Balaban J connectivity index is 1.39. The summed E-state index contributed by atoms with van der Waals surface area (Å²) in [5.41, 5.74) is 1.19. The van der Waals surface area contributed by atoms with E-state index in [4.69, 9.17) is 8.94 Å². The second-order valence-corrected chi connectivity index (χ2v) is 8.02. The molecule has 0 aliphatic carbocycles. The second-order valence-electron chi connectivity index (χ2n) is 6.13. The molecule has 29 heavy (non-hydrogen) atoms. The average molecular weight is 422 g/mol. The van der Waals surface area contributed by atoms with Crippen LogP contribution in [-0.2, 0) is 12.3 Å². The van der Waals surface area contributed by atoms with Crippen molar-refractivity contribution in [3.8, 4) is 22.3 Å². The zero-order valence-electron chi connectivity index (χ0n) is 15.1. The summed E-state index contributed by atoms with van der Waals surface area (Å²) in [5, 5.41) is 15.7. The molecule has 0 saturated heterocycles. The Bertz CT molecular complexity index is 1180. The van der Waals surface area contributed by atoms with Gasteiger partial charge in [-0.05, 0) is 29.1 Å². The maximum Gasteiger partial charge on any atom is 0.238 e. The maximum absolute atomic E-state index is 5.35. The molecule has 0 unspecified atom stereocenters. The van der Waals surface area contributed by atoms with Gasteiger partial charge >= 0.3 is 0 Å². The summed E-state index contributed by atoms with van der Waals surface area (Å²) in [4.78, 5) is 5.47. The topological polar surface area (TPSA) is 82.8 Å². The molecule has 5 aromatic rings. The third-order valence-electron chi connectivity index (χ3n) is 4.18. The van der Waals surface area contributed by atoms with E-state index in [9.17, 15) is 0 Å². The molecule has 7 nitrogen and oxygen atoms in total. The number of rotatable bonds is 7. The predicted octanol–water partition coefficient (Wildman–Crippen LogP) is 4.99. The van der Waals surface area contributed by atoms with Crippen molar-refractivity contribution in [1.29, 1.82) is 0 Å². The van der Waals surface area contributed by atoms with Crippen LogP contribution < -0.4 is 0 Å². The minimum Gasteiger partial charge on any atom is -0.461 e. The number of thioether (sulfide) groups is 1. The lowest BCUT2D eigenvalue weighted by atomic mass is 10.2. The summed E-state index contributed by atoms with van der Waals surface area (Å²) in [5.74, 6) is 2.87. The van der Waals surface area contributed by atoms with Crippen molar-refractivity contribution in [1.82, 2.24) is 24.9 Å². The first-order valence-corrected chi connectivity index (χ1v) is 10.7. The molecule has 0 aliphatic heterocycles. The summed E-state index contributed by atoms with van der Waals surface area (Å²) in [6.07, 6.45) is 1.58. The third kappa shape index (κ3) is 3.87. The van der Waals surface area contributed by atoms with Gasteiger partial charge in [0.2, 0.25) is 11.7 Å². The first-order valence-electron chi connectivity index (χ1n) is 8.87. The molecular formula is C20H15N5O2S2. The number of hydrogen-bond acceptors (Lipinski definition) is 8. The summed E-state index contributed by atoms with van der Waals surface area (Å²) < 4.78 is 12.8. The number of furan rings is 1. The van der Waals surface area contributed by atoms with Crippen molar-refractivity contribution in [3.05, 3.63) is 77.7 Å². The fourth-order valence-electron chi connectivity index (χ4n) is 2.84. The number of benzene rings is 1. The highest BCUT2D eigenvalue weighted by Gasteiger charge is 2.17.